The van der Waals surface area contributed by atoms with Crippen LogP contribution in [0.25, 0.3) is 0 Å². The van der Waals surface area contributed by atoms with Crippen molar-refractivity contribution in [2.45, 2.75) is 19.8 Å². The van der Waals surface area contributed by atoms with Crippen LogP contribution in [0.1, 0.15) is 39.1 Å². The van der Waals surface area contributed by atoms with Gasteiger partial charge in [0.1, 0.15) is 5.75 Å². The number of hydrogen-bond donors (Lipinski definition) is 1. The third-order valence-electron chi connectivity index (χ3n) is 3.21. The Kier molecular flexibility index (Phi) is 4.31. The summed E-state index contributed by atoms with van der Waals surface area (Å²) in [5.74, 6) is 0.0136. The van der Waals surface area contributed by atoms with Crippen molar-refractivity contribution in [3.05, 3.63) is 65.2 Å². The lowest BCUT2D eigenvalue weighted by molar-refractivity contribution is 0.0917. The van der Waals surface area contributed by atoms with Crippen LogP contribution in [0, 0.1) is 6.92 Å². The number of carbonyl (C=O) groups is 2. The van der Waals surface area contributed by atoms with Gasteiger partial charge in [-0.15, -0.1) is 0 Å². The molecule has 0 saturated carbocycles. The fourth-order valence-corrected chi connectivity index (χ4v) is 2.04. The van der Waals surface area contributed by atoms with E-state index in [1.807, 2.05) is 25.1 Å². The zero-order valence-electron chi connectivity index (χ0n) is 11.3. The molecule has 0 aliphatic rings. The maximum atomic E-state index is 12.1. The van der Waals surface area contributed by atoms with Crippen molar-refractivity contribution in [2.75, 3.05) is 0 Å². The quantitative estimate of drug-likeness (QED) is 0.844. The molecule has 3 heteroatoms. The minimum absolute atomic E-state index is 0.0183. The van der Waals surface area contributed by atoms with E-state index < -0.39 is 0 Å². The second-order valence-corrected chi connectivity index (χ2v) is 4.71. The third-order valence-corrected chi connectivity index (χ3v) is 3.21. The molecule has 20 heavy (non-hydrogen) atoms. The first-order chi connectivity index (χ1) is 9.58. The minimum Gasteiger partial charge on any atom is -0.508 e. The van der Waals surface area contributed by atoms with Crippen molar-refractivity contribution in [1.29, 1.82) is 0 Å². The van der Waals surface area contributed by atoms with Gasteiger partial charge in [0.25, 0.3) is 0 Å². The monoisotopic (exact) mass is 268 g/mol. The largest absolute Gasteiger partial charge is 0.508 e. The summed E-state index contributed by atoms with van der Waals surface area (Å²) in [5, 5.41) is 9.17. The summed E-state index contributed by atoms with van der Waals surface area (Å²) in [6.07, 6.45) is 0.377. The molecular formula is C17H16O3. The molecule has 2 aromatic rings. The Hall–Kier alpha value is -2.42. The molecule has 1 N–H and O–H groups in total. The minimum atomic E-state index is -0.0908. The highest BCUT2D eigenvalue weighted by atomic mass is 16.3. The van der Waals surface area contributed by atoms with E-state index in [0.717, 1.165) is 5.56 Å². The van der Waals surface area contributed by atoms with Crippen LogP contribution in [0.5, 0.6) is 5.75 Å². The summed E-state index contributed by atoms with van der Waals surface area (Å²) in [7, 11) is 0. The molecule has 0 bridgehead atoms. The van der Waals surface area contributed by atoms with E-state index in [1.54, 1.807) is 18.2 Å². The number of phenols is 1. The second kappa shape index (κ2) is 6.15. The Morgan fingerprint density at radius 3 is 2.15 bits per heavy atom. The van der Waals surface area contributed by atoms with Crippen molar-refractivity contribution >= 4 is 11.6 Å². The molecule has 2 aromatic carbocycles. The number of Topliss-reactive ketones (excluding diaryl/α,β-unsaturated/α-hetero) is 2. The van der Waals surface area contributed by atoms with E-state index in [1.165, 1.54) is 12.1 Å². The molecule has 0 aromatic heterocycles. The number of hydrogen-bond acceptors (Lipinski definition) is 3. The molecule has 0 aliphatic heterocycles. The van der Waals surface area contributed by atoms with Crippen molar-refractivity contribution in [3.63, 3.8) is 0 Å². The van der Waals surface area contributed by atoms with Gasteiger partial charge >= 0.3 is 0 Å². The molecule has 0 radical (unpaired) electrons. The Morgan fingerprint density at radius 1 is 0.900 bits per heavy atom. The van der Waals surface area contributed by atoms with Gasteiger partial charge in [0, 0.05) is 24.0 Å². The number of aromatic hydroxyl groups is 1. The fourth-order valence-electron chi connectivity index (χ4n) is 2.04. The fraction of sp³-hybridized carbons (Fsp3) is 0.176. The normalized spacial score (nSPS) is 10.2. The van der Waals surface area contributed by atoms with Crippen LogP contribution in [0.2, 0.25) is 0 Å². The molecule has 0 fully saturated rings. The van der Waals surface area contributed by atoms with Gasteiger partial charge < -0.3 is 5.11 Å². The third kappa shape index (κ3) is 3.32. The van der Waals surface area contributed by atoms with Crippen LogP contribution in [-0.2, 0) is 0 Å². The van der Waals surface area contributed by atoms with Crippen LogP contribution in [0.3, 0.4) is 0 Å². The highest BCUT2D eigenvalue weighted by Gasteiger charge is 2.12. The van der Waals surface area contributed by atoms with Crippen molar-refractivity contribution in [2.24, 2.45) is 0 Å². The summed E-state index contributed by atoms with van der Waals surface area (Å²) in [6.45, 7) is 1.88. The SMILES string of the molecule is Cc1ccccc1C(=O)CCC(=O)c1ccc(O)cc1. The molecular weight excluding hydrogens is 252 g/mol. The van der Waals surface area contributed by atoms with Gasteiger partial charge in [-0.3, -0.25) is 9.59 Å². The highest BCUT2D eigenvalue weighted by molar-refractivity contribution is 6.02. The molecule has 102 valence electrons. The standard InChI is InChI=1S/C17H16O3/c1-12-4-2-3-5-15(12)17(20)11-10-16(19)13-6-8-14(18)9-7-13/h2-9,18H,10-11H2,1H3. The van der Waals surface area contributed by atoms with Gasteiger partial charge in [0.2, 0.25) is 0 Å². The van der Waals surface area contributed by atoms with E-state index >= 15 is 0 Å². The Labute approximate surface area is 117 Å². The molecule has 0 aliphatic carbocycles. The maximum Gasteiger partial charge on any atom is 0.163 e. The summed E-state index contributed by atoms with van der Waals surface area (Å²) in [4.78, 5) is 24.0. The molecule has 0 unspecified atom stereocenters. The maximum absolute atomic E-state index is 12.1. The number of aryl methyl sites for hydroxylation is 1. The first kappa shape index (κ1) is 14.0. The molecule has 0 saturated heterocycles. The molecule has 0 amide bonds. The van der Waals surface area contributed by atoms with E-state index in [0.29, 0.717) is 11.1 Å². The Bertz CT molecular complexity index is 627. The summed E-state index contributed by atoms with van der Waals surface area (Å²) in [5.41, 5.74) is 2.11. The van der Waals surface area contributed by atoms with E-state index in [-0.39, 0.29) is 30.2 Å². The van der Waals surface area contributed by atoms with Gasteiger partial charge in [-0.05, 0) is 36.8 Å². The second-order valence-electron chi connectivity index (χ2n) is 4.71. The number of benzene rings is 2. The highest BCUT2D eigenvalue weighted by Crippen LogP contribution is 2.15. The van der Waals surface area contributed by atoms with Gasteiger partial charge in [0.15, 0.2) is 11.6 Å². The number of carbonyl (C=O) groups excluding carboxylic acids is 2. The predicted octanol–water partition coefficient (Wildman–Crippen LogP) is 3.55. The van der Waals surface area contributed by atoms with Crippen LogP contribution < -0.4 is 0 Å². The zero-order valence-corrected chi connectivity index (χ0v) is 11.3. The van der Waals surface area contributed by atoms with Crippen molar-refractivity contribution < 1.29 is 14.7 Å². The van der Waals surface area contributed by atoms with Crippen molar-refractivity contribution in [3.8, 4) is 5.75 Å². The average molecular weight is 268 g/mol. The van der Waals surface area contributed by atoms with E-state index in [2.05, 4.69) is 0 Å². The molecule has 2 rings (SSSR count). The Balaban J connectivity index is 1.99. The lowest BCUT2D eigenvalue weighted by atomic mass is 9.99. The first-order valence-corrected chi connectivity index (χ1v) is 6.49. The number of ketones is 2. The Morgan fingerprint density at radius 2 is 1.50 bits per heavy atom. The van der Waals surface area contributed by atoms with Crippen LogP contribution in [0.4, 0.5) is 0 Å². The topological polar surface area (TPSA) is 54.4 Å². The molecule has 0 spiro atoms. The van der Waals surface area contributed by atoms with Crippen LogP contribution in [0.15, 0.2) is 48.5 Å². The number of rotatable bonds is 5. The summed E-state index contributed by atoms with van der Waals surface area (Å²) >= 11 is 0. The smallest absolute Gasteiger partial charge is 0.163 e. The number of phenolic OH excluding ortho intramolecular Hbond substituents is 1. The van der Waals surface area contributed by atoms with Crippen molar-refractivity contribution in [1.82, 2.24) is 0 Å². The van der Waals surface area contributed by atoms with Crippen LogP contribution in [-0.4, -0.2) is 16.7 Å². The van der Waals surface area contributed by atoms with Gasteiger partial charge in [-0.2, -0.15) is 0 Å². The van der Waals surface area contributed by atoms with Crippen LogP contribution >= 0.6 is 0 Å². The molecule has 0 atom stereocenters. The summed E-state index contributed by atoms with van der Waals surface area (Å²) < 4.78 is 0. The predicted molar refractivity (Wildman–Crippen MR) is 77.2 cm³/mol. The van der Waals surface area contributed by atoms with Gasteiger partial charge in [-0.25, -0.2) is 0 Å². The van der Waals surface area contributed by atoms with E-state index in [4.69, 9.17) is 0 Å². The zero-order chi connectivity index (χ0) is 14.5. The van der Waals surface area contributed by atoms with Gasteiger partial charge in [-0.1, -0.05) is 24.3 Å². The molecule has 0 heterocycles. The summed E-state index contributed by atoms with van der Waals surface area (Å²) in [6, 6.07) is 13.4. The van der Waals surface area contributed by atoms with E-state index in [9.17, 15) is 14.7 Å². The lowest BCUT2D eigenvalue weighted by Gasteiger charge is -2.04. The molecule has 3 nitrogen and oxygen atoms in total. The lowest BCUT2D eigenvalue weighted by Crippen LogP contribution is -2.06. The van der Waals surface area contributed by atoms with Gasteiger partial charge in [0.05, 0.1) is 0 Å². The first-order valence-electron chi connectivity index (χ1n) is 6.49. The average Bonchev–Trinajstić information content (AvgIpc) is 2.45.